The van der Waals surface area contributed by atoms with Crippen molar-refractivity contribution in [3.8, 4) is 11.1 Å². The van der Waals surface area contributed by atoms with E-state index in [0.29, 0.717) is 5.56 Å². The van der Waals surface area contributed by atoms with Gasteiger partial charge in [-0.05, 0) is 42.5 Å². The molecule has 0 unspecified atom stereocenters. The second kappa shape index (κ2) is 6.99. The predicted octanol–water partition coefficient (Wildman–Crippen LogP) is 5.53. The van der Waals surface area contributed by atoms with E-state index in [9.17, 15) is 8.78 Å². The Hall–Kier alpha value is -1.96. The highest BCUT2D eigenvalue weighted by molar-refractivity contribution is 5.64. The molecular formula is C18H18F2. The van der Waals surface area contributed by atoms with Crippen LogP contribution in [0.25, 0.3) is 11.1 Å². The maximum Gasteiger partial charge on any atom is 0.133 e. The molecule has 0 nitrogen and oxygen atoms in total. The standard InChI is InChI=1S/C18H18F2/c1-2-3-4-5-6-14-7-9-15(10-8-14)17-12-11-16(19)13-18(17)20/h3-4,7-13H,2,5-6H2,1H3. The molecule has 2 rings (SSSR count). The molecule has 2 heteroatoms. The number of benzene rings is 2. The van der Waals surface area contributed by atoms with Crippen LogP contribution in [-0.4, -0.2) is 0 Å². The zero-order chi connectivity index (χ0) is 14.4. The minimum absolute atomic E-state index is 0.434. The van der Waals surface area contributed by atoms with Gasteiger partial charge in [0.1, 0.15) is 11.6 Å². The molecule has 0 atom stereocenters. The van der Waals surface area contributed by atoms with Crippen LogP contribution in [0.5, 0.6) is 0 Å². The van der Waals surface area contributed by atoms with Crippen molar-refractivity contribution in [2.75, 3.05) is 0 Å². The zero-order valence-electron chi connectivity index (χ0n) is 11.6. The molecule has 0 fully saturated rings. The maximum absolute atomic E-state index is 13.7. The lowest BCUT2D eigenvalue weighted by Crippen LogP contribution is -1.88. The fraction of sp³-hybridized carbons (Fsp3) is 0.222. The van der Waals surface area contributed by atoms with Gasteiger partial charge < -0.3 is 0 Å². The van der Waals surface area contributed by atoms with Gasteiger partial charge in [0, 0.05) is 11.6 Å². The van der Waals surface area contributed by atoms with Crippen LogP contribution in [0.1, 0.15) is 25.3 Å². The number of rotatable bonds is 5. The van der Waals surface area contributed by atoms with Crippen molar-refractivity contribution in [1.29, 1.82) is 0 Å². The molecule has 0 saturated heterocycles. The molecule has 20 heavy (non-hydrogen) atoms. The molecule has 0 heterocycles. The average Bonchev–Trinajstić information content (AvgIpc) is 2.45. The largest absolute Gasteiger partial charge is 0.207 e. The summed E-state index contributed by atoms with van der Waals surface area (Å²) in [6.45, 7) is 2.11. The van der Waals surface area contributed by atoms with Gasteiger partial charge >= 0.3 is 0 Å². The van der Waals surface area contributed by atoms with E-state index in [1.54, 1.807) is 0 Å². The third kappa shape index (κ3) is 3.77. The zero-order valence-corrected chi connectivity index (χ0v) is 11.6. The molecule has 2 aromatic carbocycles. The lowest BCUT2D eigenvalue weighted by atomic mass is 10.0. The fourth-order valence-electron chi connectivity index (χ4n) is 2.11. The van der Waals surface area contributed by atoms with Crippen molar-refractivity contribution in [3.63, 3.8) is 0 Å². The van der Waals surface area contributed by atoms with Crippen LogP contribution in [-0.2, 0) is 6.42 Å². The summed E-state index contributed by atoms with van der Waals surface area (Å²) in [5.74, 6) is -1.07. The summed E-state index contributed by atoms with van der Waals surface area (Å²) in [5, 5.41) is 0. The van der Waals surface area contributed by atoms with Crippen molar-refractivity contribution in [1.82, 2.24) is 0 Å². The number of hydrogen-bond donors (Lipinski definition) is 0. The number of halogens is 2. The number of hydrogen-bond acceptors (Lipinski definition) is 0. The second-order valence-electron chi connectivity index (χ2n) is 4.74. The minimum atomic E-state index is -0.550. The van der Waals surface area contributed by atoms with E-state index >= 15 is 0 Å². The fourth-order valence-corrected chi connectivity index (χ4v) is 2.11. The van der Waals surface area contributed by atoms with Crippen LogP contribution < -0.4 is 0 Å². The molecule has 104 valence electrons. The number of aryl methyl sites for hydroxylation is 1. The van der Waals surface area contributed by atoms with Crippen LogP contribution in [0, 0.1) is 11.6 Å². The summed E-state index contributed by atoms with van der Waals surface area (Å²) in [5.41, 5.74) is 2.43. The Morgan fingerprint density at radius 1 is 0.950 bits per heavy atom. The Bertz CT molecular complexity index is 583. The van der Waals surface area contributed by atoms with E-state index in [-0.39, 0.29) is 0 Å². The van der Waals surface area contributed by atoms with Gasteiger partial charge in [0.25, 0.3) is 0 Å². The van der Waals surface area contributed by atoms with Crippen molar-refractivity contribution < 1.29 is 8.78 Å². The van der Waals surface area contributed by atoms with Gasteiger partial charge in [-0.2, -0.15) is 0 Å². The van der Waals surface area contributed by atoms with Gasteiger partial charge in [-0.15, -0.1) is 0 Å². The van der Waals surface area contributed by atoms with Crippen LogP contribution in [0.2, 0.25) is 0 Å². The Balaban J connectivity index is 2.09. The Labute approximate surface area is 118 Å². The highest BCUT2D eigenvalue weighted by Gasteiger charge is 2.06. The normalized spacial score (nSPS) is 11.2. The first-order valence-electron chi connectivity index (χ1n) is 6.90. The highest BCUT2D eigenvalue weighted by Crippen LogP contribution is 2.24. The minimum Gasteiger partial charge on any atom is -0.207 e. The summed E-state index contributed by atoms with van der Waals surface area (Å²) in [7, 11) is 0. The molecule has 0 spiro atoms. The van der Waals surface area contributed by atoms with E-state index < -0.39 is 11.6 Å². The molecule has 0 N–H and O–H groups in total. The van der Waals surface area contributed by atoms with Gasteiger partial charge in [0.2, 0.25) is 0 Å². The molecule has 0 aromatic heterocycles. The monoisotopic (exact) mass is 272 g/mol. The van der Waals surface area contributed by atoms with Gasteiger partial charge in [-0.3, -0.25) is 0 Å². The lowest BCUT2D eigenvalue weighted by molar-refractivity contribution is 0.585. The predicted molar refractivity (Wildman–Crippen MR) is 79.5 cm³/mol. The Morgan fingerprint density at radius 3 is 2.35 bits per heavy atom. The first kappa shape index (κ1) is 14.4. The average molecular weight is 272 g/mol. The molecule has 0 aliphatic heterocycles. The summed E-state index contributed by atoms with van der Waals surface area (Å²) < 4.78 is 26.6. The van der Waals surface area contributed by atoms with Crippen molar-refractivity contribution in [2.45, 2.75) is 26.2 Å². The van der Waals surface area contributed by atoms with Crippen LogP contribution >= 0.6 is 0 Å². The lowest BCUT2D eigenvalue weighted by Gasteiger charge is -2.05. The van der Waals surface area contributed by atoms with E-state index in [0.717, 1.165) is 30.9 Å². The highest BCUT2D eigenvalue weighted by atomic mass is 19.1. The van der Waals surface area contributed by atoms with E-state index in [1.807, 2.05) is 24.3 Å². The Morgan fingerprint density at radius 2 is 1.70 bits per heavy atom. The second-order valence-corrected chi connectivity index (χ2v) is 4.74. The molecule has 0 amide bonds. The van der Waals surface area contributed by atoms with Gasteiger partial charge in [0.15, 0.2) is 0 Å². The van der Waals surface area contributed by atoms with Crippen LogP contribution in [0.3, 0.4) is 0 Å². The van der Waals surface area contributed by atoms with Gasteiger partial charge in [-0.1, -0.05) is 43.3 Å². The van der Waals surface area contributed by atoms with Crippen molar-refractivity contribution >= 4 is 0 Å². The molecule has 2 aromatic rings. The summed E-state index contributed by atoms with van der Waals surface area (Å²) in [4.78, 5) is 0. The SMILES string of the molecule is CCC=CCCc1ccc(-c2ccc(F)cc2F)cc1. The third-order valence-corrected chi connectivity index (χ3v) is 3.20. The molecule has 0 aliphatic carbocycles. The quantitative estimate of drug-likeness (QED) is 0.628. The summed E-state index contributed by atoms with van der Waals surface area (Å²) in [6, 6.07) is 11.4. The topological polar surface area (TPSA) is 0 Å². The van der Waals surface area contributed by atoms with Crippen molar-refractivity contribution in [3.05, 3.63) is 71.8 Å². The van der Waals surface area contributed by atoms with E-state index in [4.69, 9.17) is 0 Å². The third-order valence-electron chi connectivity index (χ3n) is 3.20. The first-order valence-corrected chi connectivity index (χ1v) is 6.90. The van der Waals surface area contributed by atoms with E-state index in [1.165, 1.54) is 17.7 Å². The summed E-state index contributed by atoms with van der Waals surface area (Å²) in [6.07, 6.45) is 7.37. The van der Waals surface area contributed by atoms with Crippen LogP contribution in [0.4, 0.5) is 8.78 Å². The molecule has 0 saturated carbocycles. The molecular weight excluding hydrogens is 254 g/mol. The van der Waals surface area contributed by atoms with Gasteiger partial charge in [-0.25, -0.2) is 8.78 Å². The van der Waals surface area contributed by atoms with E-state index in [2.05, 4.69) is 19.1 Å². The van der Waals surface area contributed by atoms with Crippen molar-refractivity contribution in [2.24, 2.45) is 0 Å². The van der Waals surface area contributed by atoms with Gasteiger partial charge in [0.05, 0.1) is 0 Å². The number of allylic oxidation sites excluding steroid dienone is 2. The molecule has 0 aliphatic rings. The Kier molecular flexibility index (Phi) is 5.05. The van der Waals surface area contributed by atoms with Crippen LogP contribution in [0.15, 0.2) is 54.6 Å². The maximum atomic E-state index is 13.7. The summed E-state index contributed by atoms with van der Waals surface area (Å²) >= 11 is 0. The smallest absolute Gasteiger partial charge is 0.133 e. The molecule has 0 radical (unpaired) electrons. The molecule has 0 bridgehead atoms. The first-order chi connectivity index (χ1) is 9.70.